The zero-order chi connectivity index (χ0) is 23.0. The second kappa shape index (κ2) is 11.6. The van der Waals surface area contributed by atoms with E-state index in [-0.39, 0.29) is 43.8 Å². The number of carbonyl (C=O) groups is 2. The number of nitrogens with one attached hydrogen (secondary N) is 1. The topological polar surface area (TPSA) is 86.8 Å². The van der Waals surface area contributed by atoms with Gasteiger partial charge in [0.25, 0.3) is 0 Å². The van der Waals surface area contributed by atoms with Crippen molar-refractivity contribution in [3.63, 3.8) is 0 Å². The maximum absolute atomic E-state index is 13.0. The molecule has 0 bridgehead atoms. The smallest absolute Gasteiger partial charge is 0.243 e. The van der Waals surface area contributed by atoms with E-state index in [4.69, 9.17) is 0 Å². The van der Waals surface area contributed by atoms with Gasteiger partial charge in [-0.1, -0.05) is 38.3 Å². The lowest BCUT2D eigenvalue weighted by atomic mass is 10.1. The highest BCUT2D eigenvalue weighted by atomic mass is 32.2. The molecule has 2 amide bonds. The van der Waals surface area contributed by atoms with Crippen LogP contribution in [0.25, 0.3) is 0 Å². The highest BCUT2D eigenvalue weighted by molar-refractivity contribution is 7.89. The molecule has 0 spiro atoms. The summed E-state index contributed by atoms with van der Waals surface area (Å²) in [6, 6.07) is 5.53. The normalized spacial score (nSPS) is 16.2. The summed E-state index contributed by atoms with van der Waals surface area (Å²) in [7, 11) is -3.58. The predicted molar refractivity (Wildman–Crippen MR) is 122 cm³/mol. The number of carbonyl (C=O) groups excluding carboxylic acids is 2. The SMILES string of the molecule is CCCCCC(C)NC(=O)CCC(=O)N1CCN(S(=O)(=O)c2cc(C)ccc2C)CC1. The van der Waals surface area contributed by atoms with Gasteiger partial charge in [-0.3, -0.25) is 9.59 Å². The summed E-state index contributed by atoms with van der Waals surface area (Å²) in [6.07, 6.45) is 4.66. The van der Waals surface area contributed by atoms with E-state index in [2.05, 4.69) is 12.2 Å². The van der Waals surface area contributed by atoms with Gasteiger partial charge in [0.2, 0.25) is 21.8 Å². The fourth-order valence-corrected chi connectivity index (χ4v) is 5.53. The van der Waals surface area contributed by atoms with Crippen LogP contribution < -0.4 is 5.32 Å². The van der Waals surface area contributed by atoms with Crippen molar-refractivity contribution in [3.8, 4) is 0 Å². The first-order valence-electron chi connectivity index (χ1n) is 11.3. The van der Waals surface area contributed by atoms with E-state index < -0.39 is 10.0 Å². The molecule has 0 radical (unpaired) electrons. The molecule has 0 aliphatic carbocycles. The predicted octanol–water partition coefficient (Wildman–Crippen LogP) is 3.00. The number of rotatable bonds is 10. The zero-order valence-corrected chi connectivity index (χ0v) is 20.1. The molecule has 7 nitrogen and oxygen atoms in total. The average Bonchev–Trinajstić information content (AvgIpc) is 2.74. The Labute approximate surface area is 187 Å². The van der Waals surface area contributed by atoms with Gasteiger partial charge in [0.05, 0.1) is 4.90 Å². The van der Waals surface area contributed by atoms with Crippen molar-refractivity contribution >= 4 is 21.8 Å². The third-order valence-electron chi connectivity index (χ3n) is 5.77. The molecule has 8 heteroatoms. The van der Waals surface area contributed by atoms with Crippen LogP contribution in [0.5, 0.6) is 0 Å². The Balaban J connectivity index is 1.81. The summed E-state index contributed by atoms with van der Waals surface area (Å²) in [5.74, 6) is -0.203. The first kappa shape index (κ1) is 25.3. The number of amides is 2. The van der Waals surface area contributed by atoms with E-state index in [1.165, 1.54) is 4.31 Å². The van der Waals surface area contributed by atoms with E-state index in [1.54, 1.807) is 17.9 Å². The van der Waals surface area contributed by atoms with Crippen LogP contribution in [0.4, 0.5) is 0 Å². The molecule has 1 atom stereocenters. The molecule has 1 saturated heterocycles. The fraction of sp³-hybridized carbons (Fsp3) is 0.652. The number of hydrogen-bond donors (Lipinski definition) is 1. The Morgan fingerprint density at radius 2 is 1.74 bits per heavy atom. The van der Waals surface area contributed by atoms with Crippen LogP contribution >= 0.6 is 0 Å². The highest BCUT2D eigenvalue weighted by Gasteiger charge is 2.31. The van der Waals surface area contributed by atoms with Gasteiger partial charge in [-0.15, -0.1) is 0 Å². The Bertz CT molecular complexity index is 862. The summed E-state index contributed by atoms with van der Waals surface area (Å²) in [4.78, 5) is 26.6. The Hall–Kier alpha value is -1.93. The second-order valence-corrected chi connectivity index (χ2v) is 10.4. The summed E-state index contributed by atoms with van der Waals surface area (Å²) in [5.41, 5.74) is 1.62. The Morgan fingerprint density at radius 1 is 1.06 bits per heavy atom. The third kappa shape index (κ3) is 7.31. The number of hydrogen-bond acceptors (Lipinski definition) is 4. The summed E-state index contributed by atoms with van der Waals surface area (Å²) in [5, 5.41) is 2.95. The number of sulfonamides is 1. The molecule has 1 aliphatic heterocycles. The second-order valence-electron chi connectivity index (χ2n) is 8.52. The number of unbranched alkanes of at least 4 members (excludes halogenated alkanes) is 2. The number of piperazine rings is 1. The Morgan fingerprint density at radius 3 is 2.39 bits per heavy atom. The van der Waals surface area contributed by atoms with E-state index >= 15 is 0 Å². The molecule has 1 fully saturated rings. The summed E-state index contributed by atoms with van der Waals surface area (Å²) >= 11 is 0. The van der Waals surface area contributed by atoms with Gasteiger partial charge in [0, 0.05) is 45.1 Å². The maximum Gasteiger partial charge on any atom is 0.243 e. The minimum absolute atomic E-state index is 0.0995. The molecule has 1 aromatic rings. The van der Waals surface area contributed by atoms with Crippen LogP contribution in [0, 0.1) is 13.8 Å². The van der Waals surface area contributed by atoms with Crippen molar-refractivity contribution < 1.29 is 18.0 Å². The van der Waals surface area contributed by atoms with Crippen molar-refractivity contribution in [1.29, 1.82) is 0 Å². The molecule has 31 heavy (non-hydrogen) atoms. The van der Waals surface area contributed by atoms with E-state index in [9.17, 15) is 18.0 Å². The number of nitrogens with zero attached hydrogens (tertiary/aromatic N) is 2. The average molecular weight is 452 g/mol. The summed E-state index contributed by atoms with van der Waals surface area (Å²) in [6.45, 7) is 9.03. The maximum atomic E-state index is 13.0. The third-order valence-corrected chi connectivity index (χ3v) is 7.81. The van der Waals surface area contributed by atoms with Gasteiger partial charge < -0.3 is 10.2 Å². The van der Waals surface area contributed by atoms with Gasteiger partial charge in [0.1, 0.15) is 0 Å². The molecule has 0 aromatic heterocycles. The van der Waals surface area contributed by atoms with Crippen LogP contribution in [0.2, 0.25) is 0 Å². The quantitative estimate of drug-likeness (QED) is 0.554. The number of aryl methyl sites for hydroxylation is 2. The summed E-state index contributed by atoms with van der Waals surface area (Å²) < 4.78 is 27.5. The lowest BCUT2D eigenvalue weighted by Gasteiger charge is -2.34. The molecule has 1 aliphatic rings. The van der Waals surface area contributed by atoms with Gasteiger partial charge in [-0.2, -0.15) is 4.31 Å². The van der Waals surface area contributed by atoms with E-state index in [0.29, 0.717) is 18.0 Å². The zero-order valence-electron chi connectivity index (χ0n) is 19.3. The first-order chi connectivity index (χ1) is 14.6. The molecular formula is C23H37N3O4S. The molecule has 0 saturated carbocycles. The van der Waals surface area contributed by atoms with Crippen molar-refractivity contribution in [3.05, 3.63) is 29.3 Å². The molecule has 174 valence electrons. The first-order valence-corrected chi connectivity index (χ1v) is 12.7. The van der Waals surface area contributed by atoms with Crippen LogP contribution in [-0.4, -0.2) is 61.7 Å². The van der Waals surface area contributed by atoms with Crippen LogP contribution in [0.15, 0.2) is 23.1 Å². The molecule has 1 unspecified atom stereocenters. The van der Waals surface area contributed by atoms with Gasteiger partial charge in [0.15, 0.2) is 0 Å². The molecule has 2 rings (SSSR count). The van der Waals surface area contributed by atoms with E-state index in [0.717, 1.165) is 36.8 Å². The van der Waals surface area contributed by atoms with E-state index in [1.807, 2.05) is 26.0 Å². The van der Waals surface area contributed by atoms with Gasteiger partial charge >= 0.3 is 0 Å². The minimum Gasteiger partial charge on any atom is -0.354 e. The van der Waals surface area contributed by atoms with Crippen molar-refractivity contribution in [2.24, 2.45) is 0 Å². The largest absolute Gasteiger partial charge is 0.354 e. The van der Waals surface area contributed by atoms with Crippen molar-refractivity contribution in [2.75, 3.05) is 26.2 Å². The van der Waals surface area contributed by atoms with Crippen LogP contribution in [-0.2, 0) is 19.6 Å². The molecule has 1 aromatic carbocycles. The lowest BCUT2D eigenvalue weighted by Crippen LogP contribution is -2.50. The highest BCUT2D eigenvalue weighted by Crippen LogP contribution is 2.22. The fourth-order valence-electron chi connectivity index (χ4n) is 3.80. The van der Waals surface area contributed by atoms with Gasteiger partial charge in [-0.05, 0) is 44.4 Å². The lowest BCUT2D eigenvalue weighted by molar-refractivity contribution is -0.134. The van der Waals surface area contributed by atoms with Crippen LogP contribution in [0.3, 0.4) is 0 Å². The molecular weight excluding hydrogens is 414 g/mol. The minimum atomic E-state index is -3.58. The number of benzene rings is 1. The standard InChI is InChI=1S/C23H37N3O4S/c1-5-6-7-8-20(4)24-22(27)11-12-23(28)25-13-15-26(16-14-25)31(29,30)21-17-18(2)9-10-19(21)3/h9-10,17,20H,5-8,11-16H2,1-4H3,(H,24,27). The van der Waals surface area contributed by atoms with Crippen molar-refractivity contribution in [1.82, 2.24) is 14.5 Å². The van der Waals surface area contributed by atoms with Crippen molar-refractivity contribution in [2.45, 2.75) is 77.2 Å². The monoisotopic (exact) mass is 451 g/mol. The molecule has 1 N–H and O–H groups in total. The van der Waals surface area contributed by atoms with Crippen LogP contribution in [0.1, 0.15) is 63.5 Å². The van der Waals surface area contributed by atoms with Gasteiger partial charge in [-0.25, -0.2) is 8.42 Å². The molecule has 1 heterocycles. The Kier molecular flexibility index (Phi) is 9.50.